The third-order valence-corrected chi connectivity index (χ3v) is 2.28. The largest absolute Gasteiger partial charge is 0.493 e. The van der Waals surface area contributed by atoms with Gasteiger partial charge in [0.15, 0.2) is 0 Å². The minimum atomic E-state index is -0.408. The van der Waals surface area contributed by atoms with Crippen LogP contribution in [-0.2, 0) is 5.41 Å². The monoisotopic (exact) mass is 223 g/mol. The summed E-state index contributed by atoms with van der Waals surface area (Å²) >= 11 is 0. The van der Waals surface area contributed by atoms with Crippen molar-refractivity contribution in [2.45, 2.75) is 33.1 Å². The van der Waals surface area contributed by atoms with Crippen molar-refractivity contribution in [2.24, 2.45) is 0 Å². The highest BCUT2D eigenvalue weighted by Gasteiger charge is 2.21. The van der Waals surface area contributed by atoms with E-state index in [1.807, 2.05) is 6.92 Å². The number of ether oxygens (including phenoxy) is 1. The highest BCUT2D eigenvalue weighted by Crippen LogP contribution is 2.34. The Labute approximate surface area is 95.4 Å². The van der Waals surface area contributed by atoms with Crippen LogP contribution in [0.1, 0.15) is 33.3 Å². The van der Waals surface area contributed by atoms with Gasteiger partial charge in [-0.15, -0.1) is 0 Å². The van der Waals surface area contributed by atoms with Crippen LogP contribution in [0, 0.1) is 10.1 Å². The number of hydrogen-bond donors (Lipinski definition) is 0. The van der Waals surface area contributed by atoms with Crippen molar-refractivity contribution in [1.29, 1.82) is 0 Å². The molecule has 0 bridgehead atoms. The first kappa shape index (κ1) is 12.5. The molecule has 1 aromatic rings. The molecule has 1 aromatic carbocycles. The van der Waals surface area contributed by atoms with Crippen LogP contribution in [0.15, 0.2) is 18.2 Å². The van der Waals surface area contributed by atoms with E-state index in [2.05, 4.69) is 20.8 Å². The summed E-state index contributed by atoms with van der Waals surface area (Å²) in [5.74, 6) is 0.601. The maximum atomic E-state index is 10.7. The Kier molecular flexibility index (Phi) is 3.52. The van der Waals surface area contributed by atoms with Crippen molar-refractivity contribution in [2.75, 3.05) is 6.61 Å². The Morgan fingerprint density at radius 3 is 2.44 bits per heavy atom. The molecule has 0 aliphatic heterocycles. The Bertz CT molecular complexity index is 394. The molecule has 0 unspecified atom stereocenters. The van der Waals surface area contributed by atoms with Crippen molar-refractivity contribution in [3.8, 4) is 5.75 Å². The second-order valence-electron chi connectivity index (χ2n) is 4.62. The summed E-state index contributed by atoms with van der Waals surface area (Å²) in [6.45, 7) is 8.53. The zero-order chi connectivity index (χ0) is 12.3. The molecule has 0 aromatic heterocycles. The molecule has 0 aliphatic rings. The molecule has 0 radical (unpaired) electrons. The summed E-state index contributed by atoms with van der Waals surface area (Å²) in [6.07, 6.45) is 0. The molecule has 4 nitrogen and oxygen atoms in total. The molecule has 88 valence electrons. The predicted molar refractivity (Wildman–Crippen MR) is 63.0 cm³/mol. The molecular weight excluding hydrogens is 206 g/mol. The molecule has 0 fully saturated rings. The third kappa shape index (κ3) is 2.72. The Morgan fingerprint density at radius 1 is 1.38 bits per heavy atom. The molecule has 0 saturated heterocycles. The van der Waals surface area contributed by atoms with E-state index >= 15 is 0 Å². The minimum absolute atomic E-state index is 0.0662. The molecule has 0 spiro atoms. The highest BCUT2D eigenvalue weighted by atomic mass is 16.6. The molecular formula is C12H17NO3. The molecule has 1 rings (SSSR count). The van der Waals surface area contributed by atoms with E-state index in [0.717, 1.165) is 5.56 Å². The number of non-ortho nitro benzene ring substituents is 1. The maximum Gasteiger partial charge on any atom is 0.273 e. The first-order valence-corrected chi connectivity index (χ1v) is 5.28. The van der Waals surface area contributed by atoms with Gasteiger partial charge in [-0.25, -0.2) is 0 Å². The lowest BCUT2D eigenvalue weighted by atomic mass is 9.86. The van der Waals surface area contributed by atoms with Gasteiger partial charge in [-0.3, -0.25) is 10.1 Å². The van der Waals surface area contributed by atoms with Crippen molar-refractivity contribution in [3.63, 3.8) is 0 Å². The fraction of sp³-hybridized carbons (Fsp3) is 0.500. The van der Waals surface area contributed by atoms with Crippen LogP contribution in [0.25, 0.3) is 0 Å². The van der Waals surface area contributed by atoms with E-state index in [1.54, 1.807) is 6.07 Å². The van der Waals surface area contributed by atoms with Crippen LogP contribution in [0.2, 0.25) is 0 Å². The average Bonchev–Trinajstić information content (AvgIpc) is 2.16. The van der Waals surface area contributed by atoms with Gasteiger partial charge in [0.25, 0.3) is 5.69 Å². The lowest BCUT2D eigenvalue weighted by molar-refractivity contribution is -0.385. The van der Waals surface area contributed by atoms with E-state index in [-0.39, 0.29) is 11.1 Å². The normalized spacial score (nSPS) is 11.2. The van der Waals surface area contributed by atoms with Gasteiger partial charge in [0.05, 0.1) is 17.6 Å². The fourth-order valence-corrected chi connectivity index (χ4v) is 1.52. The van der Waals surface area contributed by atoms with Gasteiger partial charge in [0.2, 0.25) is 0 Å². The van der Waals surface area contributed by atoms with Crippen LogP contribution in [-0.4, -0.2) is 11.5 Å². The van der Waals surface area contributed by atoms with Gasteiger partial charge >= 0.3 is 0 Å². The summed E-state index contributed by atoms with van der Waals surface area (Å²) in [6, 6.07) is 4.77. The number of rotatable bonds is 3. The molecule has 4 heteroatoms. The van der Waals surface area contributed by atoms with Crippen molar-refractivity contribution in [1.82, 2.24) is 0 Å². The quantitative estimate of drug-likeness (QED) is 0.583. The van der Waals surface area contributed by atoms with Crippen LogP contribution < -0.4 is 4.74 Å². The first-order chi connectivity index (χ1) is 7.36. The zero-order valence-corrected chi connectivity index (χ0v) is 10.1. The Balaban J connectivity index is 3.24. The molecule has 0 heterocycles. The smallest absolute Gasteiger partial charge is 0.273 e. The van der Waals surface area contributed by atoms with E-state index in [9.17, 15) is 10.1 Å². The zero-order valence-electron chi connectivity index (χ0n) is 10.1. The van der Waals surface area contributed by atoms with Crippen LogP contribution in [0.3, 0.4) is 0 Å². The van der Waals surface area contributed by atoms with Crippen molar-refractivity contribution < 1.29 is 9.66 Å². The summed E-state index contributed by atoms with van der Waals surface area (Å²) in [5, 5.41) is 10.7. The van der Waals surface area contributed by atoms with Gasteiger partial charge < -0.3 is 4.74 Å². The van der Waals surface area contributed by atoms with Crippen molar-refractivity contribution >= 4 is 5.69 Å². The van der Waals surface area contributed by atoms with E-state index in [4.69, 9.17) is 4.74 Å². The van der Waals surface area contributed by atoms with Gasteiger partial charge in [-0.05, 0) is 24.0 Å². The van der Waals surface area contributed by atoms with Crippen LogP contribution in [0.5, 0.6) is 5.75 Å². The van der Waals surface area contributed by atoms with E-state index in [0.29, 0.717) is 12.4 Å². The standard InChI is InChI=1S/C12H17NO3/c1-5-16-11-8-9(13(14)15)6-7-10(11)12(2,3)4/h6-8H,5H2,1-4H3. The lowest BCUT2D eigenvalue weighted by Gasteiger charge is -2.22. The molecule has 16 heavy (non-hydrogen) atoms. The predicted octanol–water partition coefficient (Wildman–Crippen LogP) is 3.29. The molecule has 0 N–H and O–H groups in total. The summed E-state index contributed by atoms with van der Waals surface area (Å²) in [5.41, 5.74) is 0.969. The summed E-state index contributed by atoms with van der Waals surface area (Å²) < 4.78 is 5.45. The maximum absolute atomic E-state index is 10.7. The van der Waals surface area contributed by atoms with Gasteiger partial charge in [0.1, 0.15) is 5.75 Å². The number of nitro benzene ring substituents is 1. The van der Waals surface area contributed by atoms with Gasteiger partial charge in [-0.2, -0.15) is 0 Å². The topological polar surface area (TPSA) is 52.4 Å². The number of nitrogens with zero attached hydrogens (tertiary/aromatic N) is 1. The SMILES string of the molecule is CCOc1cc([N+](=O)[O-])ccc1C(C)(C)C. The highest BCUT2D eigenvalue weighted by molar-refractivity contribution is 5.47. The second-order valence-corrected chi connectivity index (χ2v) is 4.62. The number of benzene rings is 1. The third-order valence-electron chi connectivity index (χ3n) is 2.28. The molecule has 0 aliphatic carbocycles. The lowest BCUT2D eigenvalue weighted by Crippen LogP contribution is -2.13. The number of nitro groups is 1. The van der Waals surface area contributed by atoms with Crippen LogP contribution in [0.4, 0.5) is 5.69 Å². The van der Waals surface area contributed by atoms with Crippen LogP contribution >= 0.6 is 0 Å². The average molecular weight is 223 g/mol. The molecule has 0 amide bonds. The first-order valence-electron chi connectivity index (χ1n) is 5.28. The Hall–Kier alpha value is -1.58. The second kappa shape index (κ2) is 4.51. The van der Waals surface area contributed by atoms with Gasteiger partial charge in [0, 0.05) is 6.07 Å². The summed E-state index contributed by atoms with van der Waals surface area (Å²) in [7, 11) is 0. The molecule has 0 saturated carbocycles. The van der Waals surface area contributed by atoms with Crippen molar-refractivity contribution in [3.05, 3.63) is 33.9 Å². The Morgan fingerprint density at radius 2 is 2.00 bits per heavy atom. The number of hydrogen-bond acceptors (Lipinski definition) is 3. The molecule has 0 atom stereocenters. The van der Waals surface area contributed by atoms with E-state index in [1.165, 1.54) is 12.1 Å². The minimum Gasteiger partial charge on any atom is -0.493 e. The van der Waals surface area contributed by atoms with Gasteiger partial charge in [-0.1, -0.05) is 20.8 Å². The fourth-order valence-electron chi connectivity index (χ4n) is 1.52. The summed E-state index contributed by atoms with van der Waals surface area (Å²) in [4.78, 5) is 10.3. The van der Waals surface area contributed by atoms with E-state index < -0.39 is 4.92 Å².